The molecule has 0 aliphatic heterocycles. The number of primary amides is 2. The maximum Gasteiger partial charge on any atom is 0.325 e. The van der Waals surface area contributed by atoms with Gasteiger partial charge in [-0.2, -0.15) is 15.3 Å². The van der Waals surface area contributed by atoms with Crippen molar-refractivity contribution in [3.63, 3.8) is 0 Å². The van der Waals surface area contributed by atoms with E-state index in [4.69, 9.17) is 16.6 Å². The van der Waals surface area contributed by atoms with Crippen LogP contribution in [0.2, 0.25) is 0 Å². The van der Waals surface area contributed by atoms with E-state index >= 15 is 0 Å². The first-order valence-corrected chi connectivity index (χ1v) is 22.1. The fourth-order valence-corrected chi connectivity index (χ4v) is 7.37. The summed E-state index contributed by atoms with van der Waals surface area (Å²) < 4.78 is 8.95. The number of H-pyrrole nitrogens is 3. The Hall–Kier alpha value is -9.69. The summed E-state index contributed by atoms with van der Waals surface area (Å²) >= 11 is 0. The zero-order valence-electron chi connectivity index (χ0n) is 39.8. The van der Waals surface area contributed by atoms with Crippen LogP contribution in [0, 0.1) is 0 Å². The number of nitrogens with zero attached hydrogens (tertiary/aromatic N) is 15. The van der Waals surface area contributed by atoms with E-state index < -0.39 is 17.8 Å². The third-order valence-electron chi connectivity index (χ3n) is 10.5. The first kappa shape index (κ1) is 50.2. The number of hydrogen-bond donors (Lipinski definition) is 6. The van der Waals surface area contributed by atoms with Gasteiger partial charge in [0.25, 0.3) is 16.7 Å². The molecule has 0 bridgehead atoms. The minimum absolute atomic E-state index is 0.0332. The molecule has 0 atom stereocenters. The highest BCUT2D eigenvalue weighted by molar-refractivity contribution is 5.74. The zero-order valence-corrected chi connectivity index (χ0v) is 39.8. The highest BCUT2D eigenvalue weighted by atomic mass is 16.4. The summed E-state index contributed by atoms with van der Waals surface area (Å²) in [5.41, 5.74) is 14.7. The normalized spacial score (nSPS) is 11.1. The summed E-state index contributed by atoms with van der Waals surface area (Å²) in [4.78, 5) is 104. The van der Waals surface area contributed by atoms with Gasteiger partial charge in [0, 0.05) is 89.2 Å². The van der Waals surface area contributed by atoms with Gasteiger partial charge in [-0.1, -0.05) is 41.5 Å². The Balaban J connectivity index is 0.000000158. The summed E-state index contributed by atoms with van der Waals surface area (Å²) in [6, 6.07) is 0. The number of imidazole rings is 3. The molecule has 0 saturated carbocycles. The van der Waals surface area contributed by atoms with Gasteiger partial charge >= 0.3 is 5.97 Å². The molecule has 0 aromatic carbocycles. The van der Waals surface area contributed by atoms with E-state index in [9.17, 15) is 28.8 Å². The lowest BCUT2D eigenvalue weighted by atomic mass is 10.0. The average molecular weight is 983 g/mol. The van der Waals surface area contributed by atoms with Crippen molar-refractivity contribution in [3.8, 4) is 51.6 Å². The molecule has 0 aliphatic carbocycles. The van der Waals surface area contributed by atoms with Crippen molar-refractivity contribution in [1.29, 1.82) is 0 Å². The molecule has 372 valence electrons. The summed E-state index contributed by atoms with van der Waals surface area (Å²) in [5.74, 6) is -1.05. The van der Waals surface area contributed by atoms with E-state index in [1.165, 1.54) is 26.6 Å². The van der Waals surface area contributed by atoms with Crippen LogP contribution in [0.3, 0.4) is 0 Å². The molecule has 9 aromatic rings. The van der Waals surface area contributed by atoms with Crippen LogP contribution in [0.25, 0.3) is 51.6 Å². The Morgan fingerprint density at radius 3 is 1.04 bits per heavy atom. The summed E-state index contributed by atoms with van der Waals surface area (Å²) in [6.45, 7) is 11.1. The van der Waals surface area contributed by atoms with Gasteiger partial charge in [0.2, 0.25) is 29.7 Å². The summed E-state index contributed by atoms with van der Waals surface area (Å²) in [7, 11) is 0. The van der Waals surface area contributed by atoms with Crippen molar-refractivity contribution in [2.75, 3.05) is 0 Å². The Bertz CT molecular complexity index is 3130. The van der Waals surface area contributed by atoms with Gasteiger partial charge in [0.05, 0.1) is 35.7 Å². The summed E-state index contributed by atoms with van der Waals surface area (Å²) in [6.07, 6.45) is 24.0. The second kappa shape index (κ2) is 21.7. The molecular weight excluding hydrogens is 933 g/mol. The number of aromatic nitrogens is 18. The molecule has 0 fully saturated rings. The first-order chi connectivity index (χ1) is 34.4. The Kier molecular flexibility index (Phi) is 15.1. The van der Waals surface area contributed by atoms with Crippen LogP contribution < -0.4 is 28.1 Å². The van der Waals surface area contributed by atoms with Crippen LogP contribution in [-0.4, -0.2) is 111 Å². The number of aliphatic carboxylic acids is 1. The molecule has 2 amide bonds. The monoisotopic (exact) mass is 982 g/mol. The van der Waals surface area contributed by atoms with Crippen molar-refractivity contribution in [2.24, 2.45) is 11.5 Å². The van der Waals surface area contributed by atoms with Crippen LogP contribution in [0.4, 0.5) is 0 Å². The van der Waals surface area contributed by atoms with Crippen LogP contribution >= 0.6 is 0 Å². The zero-order chi connectivity index (χ0) is 51.8. The second-order valence-electron chi connectivity index (χ2n) is 16.9. The quantitative estimate of drug-likeness (QED) is 0.0854. The number of amides is 2. The first-order valence-electron chi connectivity index (χ1n) is 22.1. The van der Waals surface area contributed by atoms with Crippen LogP contribution in [-0.2, 0) is 34.0 Å². The Labute approximate surface area is 407 Å². The third kappa shape index (κ3) is 11.8. The van der Waals surface area contributed by atoms with Crippen molar-refractivity contribution in [2.45, 2.75) is 78.9 Å². The predicted octanol–water partition coefficient (Wildman–Crippen LogP) is 1.88. The average Bonchev–Trinajstić information content (AvgIpc) is 4.16. The fourth-order valence-electron chi connectivity index (χ4n) is 7.37. The number of carbonyl (C=O) groups is 3. The largest absolute Gasteiger partial charge is 0.480 e. The van der Waals surface area contributed by atoms with Gasteiger partial charge in [-0.05, 0) is 17.8 Å². The number of aromatic amines is 3. The van der Waals surface area contributed by atoms with E-state index in [0.717, 1.165) is 0 Å². The van der Waals surface area contributed by atoms with E-state index in [-0.39, 0.29) is 54.1 Å². The SMILES string of the molecule is CC(C)c1c(-c2cnn(CC(=O)O)c2)nc(-n2ccnc2)[nH]c1=O.CC(C)c1c(-c2cnn(CC(N)=O)c2)nc(-n2ccnc2)[nH]c1=O.CC(C)c1c(-c2cnn(CC(N)=O)c2)nc(-n2ccnc2)[nH]c1=O. The Morgan fingerprint density at radius 2 is 0.806 bits per heavy atom. The molecular formula is C45H50N20O7. The number of nitrogens with two attached hydrogens (primary N) is 2. The number of carboxylic acids is 1. The highest BCUT2D eigenvalue weighted by Crippen LogP contribution is 2.27. The number of carboxylic acid groups (broad SMARTS) is 1. The van der Waals surface area contributed by atoms with E-state index in [1.54, 1.807) is 94.5 Å². The Morgan fingerprint density at radius 1 is 0.514 bits per heavy atom. The van der Waals surface area contributed by atoms with Crippen molar-refractivity contribution in [1.82, 2.24) is 87.9 Å². The van der Waals surface area contributed by atoms with E-state index in [1.807, 2.05) is 41.5 Å². The molecule has 72 heavy (non-hydrogen) atoms. The number of rotatable bonds is 15. The maximum absolute atomic E-state index is 12.5. The molecule has 0 spiro atoms. The second-order valence-corrected chi connectivity index (χ2v) is 16.9. The lowest BCUT2D eigenvalue weighted by Gasteiger charge is -2.11. The maximum atomic E-state index is 12.5. The van der Waals surface area contributed by atoms with Gasteiger partial charge in [0.1, 0.15) is 38.6 Å². The van der Waals surface area contributed by atoms with Crippen LogP contribution in [0.5, 0.6) is 0 Å². The molecule has 27 nitrogen and oxygen atoms in total. The smallest absolute Gasteiger partial charge is 0.325 e. The lowest BCUT2D eigenvalue weighted by molar-refractivity contribution is -0.138. The van der Waals surface area contributed by atoms with Gasteiger partial charge in [-0.3, -0.25) is 71.5 Å². The third-order valence-corrected chi connectivity index (χ3v) is 10.5. The van der Waals surface area contributed by atoms with Gasteiger partial charge in [-0.15, -0.1) is 0 Å². The van der Waals surface area contributed by atoms with Gasteiger partial charge in [-0.25, -0.2) is 29.9 Å². The van der Waals surface area contributed by atoms with E-state index in [0.29, 0.717) is 68.3 Å². The highest BCUT2D eigenvalue weighted by Gasteiger charge is 2.22. The molecule has 0 radical (unpaired) electrons. The van der Waals surface area contributed by atoms with Crippen molar-refractivity contribution >= 4 is 17.8 Å². The minimum atomic E-state index is -0.994. The molecule has 0 saturated heterocycles. The van der Waals surface area contributed by atoms with Crippen LogP contribution in [0.15, 0.2) is 108 Å². The molecule has 8 N–H and O–H groups in total. The number of nitrogens with one attached hydrogen (secondary N) is 3. The van der Waals surface area contributed by atoms with Crippen molar-refractivity contribution in [3.05, 3.63) is 141 Å². The fraction of sp³-hybridized carbons (Fsp3) is 0.267. The number of hydrogen-bond acceptors (Lipinski definition) is 15. The standard InChI is InChI=1S/2C15H17N7O2.C15H16N6O3/c2*1-9(2)12-13(10-5-18-22(6-10)7-11(16)23)19-15(20-14(12)24)21-4-3-17-8-21;1-9(2)12-13(10-5-17-21(6-10)7-11(22)23)18-15(19-14(12)24)20-4-3-16-8-20/h2*3-6,8-9H,7H2,1-2H3,(H2,16,23)(H,19,20,24);3-6,8-9H,7H2,1-2H3,(H,22,23)(H,18,19,24). The summed E-state index contributed by atoms with van der Waals surface area (Å²) in [5, 5.41) is 21.1. The van der Waals surface area contributed by atoms with Gasteiger partial charge in [0.15, 0.2) is 0 Å². The minimum Gasteiger partial charge on any atom is -0.480 e. The molecule has 9 aromatic heterocycles. The van der Waals surface area contributed by atoms with Crippen molar-refractivity contribution < 1.29 is 19.5 Å². The molecule has 9 rings (SSSR count). The topological polar surface area (TPSA) is 368 Å². The molecule has 0 unspecified atom stereocenters. The molecule has 27 heteroatoms. The molecule has 9 heterocycles. The van der Waals surface area contributed by atoms with Gasteiger partial charge < -0.3 is 16.6 Å². The lowest BCUT2D eigenvalue weighted by Crippen LogP contribution is -2.20. The predicted molar refractivity (Wildman–Crippen MR) is 258 cm³/mol. The van der Waals surface area contributed by atoms with E-state index in [2.05, 4.69) is 60.2 Å². The number of carbonyl (C=O) groups excluding carboxylic acids is 2. The molecule has 0 aliphatic rings. The van der Waals surface area contributed by atoms with Crippen LogP contribution in [0.1, 0.15) is 76.0 Å².